The van der Waals surface area contributed by atoms with Crippen LogP contribution in [0.25, 0.3) is 21.7 Å². The zero-order chi connectivity index (χ0) is 16.2. The van der Waals surface area contributed by atoms with Gasteiger partial charge in [-0.15, -0.1) is 0 Å². The minimum atomic E-state index is -0.420. The van der Waals surface area contributed by atoms with Gasteiger partial charge in [0.2, 0.25) is 0 Å². The van der Waals surface area contributed by atoms with Crippen molar-refractivity contribution in [3.05, 3.63) is 48.5 Å². The minimum Gasteiger partial charge on any atom is -0.398 e. The molecule has 1 aliphatic heterocycles. The first-order valence-electron chi connectivity index (χ1n) is 8.01. The molecule has 3 nitrogen and oxygen atoms in total. The number of pyridine rings is 1. The number of aromatic nitrogens is 1. The fourth-order valence-corrected chi connectivity index (χ4v) is 2.92. The third-order valence-electron chi connectivity index (χ3n) is 5.07. The Kier molecular flexibility index (Phi) is 3.06. The quantitative estimate of drug-likeness (QED) is 0.507. The Morgan fingerprint density at radius 2 is 1.39 bits per heavy atom. The zero-order valence-corrected chi connectivity index (χ0v) is 14.0. The second kappa shape index (κ2) is 4.79. The van der Waals surface area contributed by atoms with Gasteiger partial charge in [-0.2, -0.15) is 0 Å². The van der Waals surface area contributed by atoms with Crippen molar-refractivity contribution >= 4 is 34.4 Å². The molecule has 0 spiro atoms. The van der Waals surface area contributed by atoms with E-state index in [0.29, 0.717) is 0 Å². The predicted octanol–water partition coefficient (Wildman–Crippen LogP) is 3.69. The molecule has 0 saturated carbocycles. The van der Waals surface area contributed by atoms with Gasteiger partial charge in [-0.1, -0.05) is 30.3 Å². The molecule has 23 heavy (non-hydrogen) atoms. The van der Waals surface area contributed by atoms with Crippen LogP contribution in [0.5, 0.6) is 0 Å². The van der Waals surface area contributed by atoms with Crippen molar-refractivity contribution in [3.63, 3.8) is 0 Å². The fraction of sp³-hybridized carbons (Fsp3) is 0.316. The second-order valence-corrected chi connectivity index (χ2v) is 7.22. The van der Waals surface area contributed by atoms with Crippen molar-refractivity contribution in [3.8, 4) is 0 Å². The molecule has 1 saturated heterocycles. The molecule has 0 amide bonds. The van der Waals surface area contributed by atoms with E-state index >= 15 is 0 Å². The molecular formula is C19H20BNO2. The Hall–Kier alpha value is -1.91. The summed E-state index contributed by atoms with van der Waals surface area (Å²) < 4.78 is 12.2. The molecular weight excluding hydrogens is 285 g/mol. The first kappa shape index (κ1) is 14.7. The lowest BCUT2D eigenvalue weighted by Gasteiger charge is -2.32. The Morgan fingerprint density at radius 1 is 0.783 bits per heavy atom. The minimum absolute atomic E-state index is 0.350. The molecule has 4 rings (SSSR count). The lowest BCUT2D eigenvalue weighted by Crippen LogP contribution is -2.41. The van der Waals surface area contributed by atoms with Crippen LogP contribution in [-0.2, 0) is 9.31 Å². The van der Waals surface area contributed by atoms with E-state index in [-0.39, 0.29) is 11.2 Å². The van der Waals surface area contributed by atoms with E-state index < -0.39 is 7.12 Å². The summed E-state index contributed by atoms with van der Waals surface area (Å²) in [6, 6.07) is 16.7. The van der Waals surface area contributed by atoms with Crippen molar-refractivity contribution in [2.24, 2.45) is 0 Å². The van der Waals surface area contributed by atoms with E-state index in [4.69, 9.17) is 14.3 Å². The third kappa shape index (κ3) is 2.33. The Morgan fingerprint density at radius 3 is 2.04 bits per heavy atom. The lowest BCUT2D eigenvalue weighted by molar-refractivity contribution is 0.00578. The van der Waals surface area contributed by atoms with Crippen LogP contribution in [0.3, 0.4) is 0 Å². The fourth-order valence-electron chi connectivity index (χ4n) is 2.92. The third-order valence-corrected chi connectivity index (χ3v) is 5.07. The number of rotatable bonds is 1. The molecule has 1 aromatic heterocycles. The molecule has 0 atom stereocenters. The molecule has 3 aromatic rings. The van der Waals surface area contributed by atoms with Gasteiger partial charge in [-0.25, -0.2) is 0 Å². The van der Waals surface area contributed by atoms with Gasteiger partial charge in [0.25, 0.3) is 0 Å². The number of benzene rings is 2. The van der Waals surface area contributed by atoms with Gasteiger partial charge in [-0.3, -0.25) is 4.98 Å². The summed E-state index contributed by atoms with van der Waals surface area (Å²) in [7, 11) is -0.420. The summed E-state index contributed by atoms with van der Waals surface area (Å²) in [5, 5.41) is 3.55. The van der Waals surface area contributed by atoms with Crippen LogP contribution in [0.4, 0.5) is 0 Å². The SMILES string of the molecule is CC1(C)OB(c2ccc3cc4ccccc4cc3n2)OC1(C)C. The summed E-state index contributed by atoms with van der Waals surface area (Å²) in [6.45, 7) is 8.23. The number of hydrogen-bond donors (Lipinski definition) is 0. The number of hydrogen-bond acceptors (Lipinski definition) is 3. The number of fused-ring (bicyclic) bond motifs is 2. The van der Waals surface area contributed by atoms with Crippen molar-refractivity contribution in [2.45, 2.75) is 38.9 Å². The average Bonchev–Trinajstić information content (AvgIpc) is 2.73. The summed E-state index contributed by atoms with van der Waals surface area (Å²) in [5.41, 5.74) is 1.09. The highest BCUT2D eigenvalue weighted by atomic mass is 16.7. The normalized spacial score (nSPS) is 19.6. The standard InChI is InChI=1S/C19H20BNO2/c1-18(2)19(3,4)23-20(22-18)17-10-9-15-11-13-7-5-6-8-14(13)12-16(15)21-17/h5-12H,1-4H3. The van der Waals surface area contributed by atoms with E-state index in [9.17, 15) is 0 Å². The summed E-state index contributed by atoms with van der Waals surface area (Å²) >= 11 is 0. The predicted molar refractivity (Wildman–Crippen MR) is 95.0 cm³/mol. The van der Waals surface area contributed by atoms with Gasteiger partial charge in [0.05, 0.1) is 22.3 Å². The molecule has 1 aliphatic rings. The smallest absolute Gasteiger partial charge is 0.398 e. The van der Waals surface area contributed by atoms with Gasteiger partial charge in [0.15, 0.2) is 0 Å². The van der Waals surface area contributed by atoms with Crippen LogP contribution in [-0.4, -0.2) is 23.3 Å². The maximum atomic E-state index is 6.10. The highest BCUT2D eigenvalue weighted by Gasteiger charge is 2.52. The van der Waals surface area contributed by atoms with Gasteiger partial charge in [-0.05, 0) is 56.7 Å². The van der Waals surface area contributed by atoms with Crippen LogP contribution in [0.2, 0.25) is 0 Å². The van der Waals surface area contributed by atoms with Gasteiger partial charge >= 0.3 is 7.12 Å². The molecule has 0 N–H and O–H groups in total. The highest BCUT2D eigenvalue weighted by molar-refractivity contribution is 6.61. The monoisotopic (exact) mass is 305 g/mol. The average molecular weight is 305 g/mol. The molecule has 0 unspecified atom stereocenters. The summed E-state index contributed by atoms with van der Waals surface area (Å²) in [5.74, 6) is 0. The van der Waals surface area contributed by atoms with E-state index in [2.05, 4.69) is 64.1 Å². The zero-order valence-electron chi connectivity index (χ0n) is 14.0. The van der Waals surface area contributed by atoms with E-state index in [1.165, 1.54) is 10.8 Å². The maximum Gasteiger partial charge on any atom is 0.514 e. The van der Waals surface area contributed by atoms with Crippen molar-refractivity contribution in [1.82, 2.24) is 4.98 Å². The molecule has 0 aliphatic carbocycles. The van der Waals surface area contributed by atoms with Crippen LogP contribution in [0.1, 0.15) is 27.7 Å². The van der Waals surface area contributed by atoms with E-state index in [0.717, 1.165) is 16.5 Å². The lowest BCUT2D eigenvalue weighted by atomic mass is 9.84. The molecule has 1 fully saturated rings. The summed E-state index contributed by atoms with van der Waals surface area (Å²) in [6.07, 6.45) is 0. The van der Waals surface area contributed by atoms with Crippen molar-refractivity contribution in [2.75, 3.05) is 0 Å². The van der Waals surface area contributed by atoms with Crippen LogP contribution in [0.15, 0.2) is 48.5 Å². The highest BCUT2D eigenvalue weighted by Crippen LogP contribution is 2.36. The van der Waals surface area contributed by atoms with Crippen LogP contribution < -0.4 is 5.59 Å². The Labute approximate surface area is 136 Å². The van der Waals surface area contributed by atoms with E-state index in [1.807, 2.05) is 12.1 Å². The molecule has 116 valence electrons. The Bertz CT molecular complexity index is 888. The molecule has 2 heterocycles. The largest absolute Gasteiger partial charge is 0.514 e. The van der Waals surface area contributed by atoms with Gasteiger partial charge < -0.3 is 9.31 Å². The van der Waals surface area contributed by atoms with E-state index in [1.54, 1.807) is 0 Å². The first-order valence-corrected chi connectivity index (χ1v) is 8.01. The topological polar surface area (TPSA) is 31.4 Å². The molecule has 0 radical (unpaired) electrons. The first-order chi connectivity index (χ1) is 10.9. The van der Waals surface area contributed by atoms with Crippen molar-refractivity contribution in [1.29, 1.82) is 0 Å². The second-order valence-electron chi connectivity index (χ2n) is 7.22. The molecule has 4 heteroatoms. The Balaban J connectivity index is 1.79. The van der Waals surface area contributed by atoms with Gasteiger partial charge in [0, 0.05) is 5.39 Å². The van der Waals surface area contributed by atoms with Gasteiger partial charge in [0.1, 0.15) is 0 Å². The maximum absolute atomic E-state index is 6.10. The van der Waals surface area contributed by atoms with Crippen LogP contribution >= 0.6 is 0 Å². The molecule has 0 bridgehead atoms. The van der Waals surface area contributed by atoms with Crippen LogP contribution in [0, 0.1) is 0 Å². The number of nitrogens with zero attached hydrogens (tertiary/aromatic N) is 1. The van der Waals surface area contributed by atoms with Crippen molar-refractivity contribution < 1.29 is 9.31 Å². The summed E-state index contributed by atoms with van der Waals surface area (Å²) in [4.78, 5) is 4.79. The molecule has 2 aromatic carbocycles.